The lowest BCUT2D eigenvalue weighted by molar-refractivity contribution is 0.349. The third-order valence-electron chi connectivity index (χ3n) is 2.92. The molecule has 0 saturated carbocycles. The van der Waals surface area contributed by atoms with E-state index in [1.165, 1.54) is 6.26 Å². The van der Waals surface area contributed by atoms with Gasteiger partial charge >= 0.3 is 0 Å². The first-order chi connectivity index (χ1) is 8.09. The highest BCUT2D eigenvalue weighted by Gasteiger charge is 2.15. The summed E-state index contributed by atoms with van der Waals surface area (Å²) in [5.41, 5.74) is 7.25. The molecule has 0 saturated heterocycles. The van der Waals surface area contributed by atoms with E-state index in [1.807, 2.05) is 6.07 Å². The van der Waals surface area contributed by atoms with E-state index in [2.05, 4.69) is 20.8 Å². The molecule has 1 atom stereocenters. The molecule has 1 aromatic carbocycles. The van der Waals surface area contributed by atoms with Gasteiger partial charge in [0.25, 0.3) is 0 Å². The fourth-order valence-electron chi connectivity index (χ4n) is 1.73. The average molecular weight is 269 g/mol. The predicted molar refractivity (Wildman–Crippen MR) is 75.2 cm³/mol. The van der Waals surface area contributed by atoms with Gasteiger partial charge in [0.05, 0.1) is 4.90 Å². The van der Waals surface area contributed by atoms with Crippen LogP contribution in [0.3, 0.4) is 0 Å². The van der Waals surface area contributed by atoms with Crippen molar-refractivity contribution in [2.24, 2.45) is 11.1 Å². The maximum Gasteiger partial charge on any atom is 0.175 e. The lowest BCUT2D eigenvalue weighted by atomic mass is 9.87. The van der Waals surface area contributed by atoms with E-state index in [-0.39, 0.29) is 11.5 Å². The molecule has 2 N–H and O–H groups in total. The zero-order valence-electron chi connectivity index (χ0n) is 11.6. The Morgan fingerprint density at radius 1 is 1.28 bits per heavy atom. The number of nitrogens with two attached hydrogens (primary N) is 1. The average Bonchev–Trinajstić information content (AvgIpc) is 2.24. The van der Waals surface area contributed by atoms with Crippen LogP contribution in [0.25, 0.3) is 0 Å². The third kappa shape index (κ3) is 4.78. The van der Waals surface area contributed by atoms with Gasteiger partial charge < -0.3 is 5.73 Å². The predicted octanol–water partition coefficient (Wildman–Crippen LogP) is 2.92. The normalized spacial score (nSPS) is 14.5. The smallest absolute Gasteiger partial charge is 0.175 e. The Morgan fingerprint density at radius 2 is 1.89 bits per heavy atom. The van der Waals surface area contributed by atoms with Gasteiger partial charge in [-0.2, -0.15) is 0 Å². The second-order valence-electron chi connectivity index (χ2n) is 6.05. The molecule has 0 fully saturated rings. The van der Waals surface area contributed by atoms with Crippen molar-refractivity contribution in [3.05, 3.63) is 29.8 Å². The first-order valence-electron chi connectivity index (χ1n) is 6.15. The number of hydrogen-bond donors (Lipinski definition) is 1. The monoisotopic (exact) mass is 269 g/mol. The van der Waals surface area contributed by atoms with Crippen LogP contribution in [0.2, 0.25) is 0 Å². The lowest BCUT2D eigenvalue weighted by Crippen LogP contribution is -2.15. The zero-order valence-corrected chi connectivity index (χ0v) is 12.4. The molecule has 3 nitrogen and oxygen atoms in total. The molecule has 1 aromatic rings. The van der Waals surface area contributed by atoms with Crippen LogP contribution in [0.4, 0.5) is 0 Å². The maximum atomic E-state index is 11.5. The molecule has 0 spiro atoms. The summed E-state index contributed by atoms with van der Waals surface area (Å²) in [5, 5.41) is 0. The van der Waals surface area contributed by atoms with Gasteiger partial charge in [-0.25, -0.2) is 8.42 Å². The fourth-order valence-corrected chi connectivity index (χ4v) is 2.41. The Kier molecular flexibility index (Phi) is 4.56. The molecule has 4 heteroatoms. The van der Waals surface area contributed by atoms with E-state index in [1.54, 1.807) is 18.2 Å². The van der Waals surface area contributed by atoms with Crippen LogP contribution in [-0.4, -0.2) is 14.7 Å². The van der Waals surface area contributed by atoms with Crippen LogP contribution in [0, 0.1) is 5.41 Å². The largest absolute Gasteiger partial charge is 0.324 e. The van der Waals surface area contributed by atoms with Crippen LogP contribution in [-0.2, 0) is 9.84 Å². The van der Waals surface area contributed by atoms with Crippen molar-refractivity contribution in [2.75, 3.05) is 6.26 Å². The van der Waals surface area contributed by atoms with Gasteiger partial charge in [-0.1, -0.05) is 32.9 Å². The van der Waals surface area contributed by atoms with Crippen molar-refractivity contribution in [3.8, 4) is 0 Å². The van der Waals surface area contributed by atoms with Crippen LogP contribution in [0.15, 0.2) is 29.2 Å². The van der Waals surface area contributed by atoms with Gasteiger partial charge in [-0.3, -0.25) is 0 Å². The SMILES string of the molecule is CC(C)(C)CCC(N)c1cccc(S(C)(=O)=O)c1. The molecule has 0 aromatic heterocycles. The molecule has 1 unspecified atom stereocenters. The summed E-state index contributed by atoms with van der Waals surface area (Å²) >= 11 is 0. The molecular weight excluding hydrogens is 246 g/mol. The van der Waals surface area contributed by atoms with Gasteiger partial charge in [0, 0.05) is 12.3 Å². The Labute approximate surface area is 110 Å². The van der Waals surface area contributed by atoms with E-state index in [9.17, 15) is 8.42 Å². The van der Waals surface area contributed by atoms with Crippen molar-refractivity contribution >= 4 is 9.84 Å². The van der Waals surface area contributed by atoms with Crippen LogP contribution < -0.4 is 5.73 Å². The number of rotatable bonds is 4. The quantitative estimate of drug-likeness (QED) is 0.914. The molecule has 102 valence electrons. The molecular formula is C14H23NO2S. The van der Waals surface area contributed by atoms with Gasteiger partial charge in [-0.05, 0) is 36.0 Å². The van der Waals surface area contributed by atoms with E-state index >= 15 is 0 Å². The second-order valence-corrected chi connectivity index (χ2v) is 8.07. The Balaban J connectivity index is 2.84. The molecule has 0 heterocycles. The fraction of sp³-hybridized carbons (Fsp3) is 0.571. The number of sulfone groups is 1. The molecule has 18 heavy (non-hydrogen) atoms. The summed E-state index contributed by atoms with van der Waals surface area (Å²) in [6, 6.07) is 6.83. The lowest BCUT2D eigenvalue weighted by Gasteiger charge is -2.21. The van der Waals surface area contributed by atoms with Gasteiger partial charge in [0.2, 0.25) is 0 Å². The highest BCUT2D eigenvalue weighted by Crippen LogP contribution is 2.26. The van der Waals surface area contributed by atoms with E-state index in [0.29, 0.717) is 4.90 Å². The van der Waals surface area contributed by atoms with E-state index < -0.39 is 9.84 Å². The van der Waals surface area contributed by atoms with E-state index in [4.69, 9.17) is 5.73 Å². The molecule has 0 aliphatic carbocycles. The summed E-state index contributed by atoms with van der Waals surface area (Å²) in [6.07, 6.45) is 3.08. The molecule has 0 amide bonds. The summed E-state index contributed by atoms with van der Waals surface area (Å²) < 4.78 is 23.0. The van der Waals surface area contributed by atoms with Crippen molar-refractivity contribution < 1.29 is 8.42 Å². The van der Waals surface area contributed by atoms with Crippen LogP contribution >= 0.6 is 0 Å². The number of benzene rings is 1. The Hall–Kier alpha value is -0.870. The second kappa shape index (κ2) is 5.41. The summed E-state index contributed by atoms with van der Waals surface area (Å²) in [4.78, 5) is 0.339. The molecule has 1 rings (SSSR count). The molecule has 0 radical (unpaired) electrons. The first-order valence-corrected chi connectivity index (χ1v) is 8.04. The maximum absolute atomic E-state index is 11.5. The topological polar surface area (TPSA) is 60.2 Å². The van der Waals surface area contributed by atoms with Gasteiger partial charge in [0.1, 0.15) is 0 Å². The van der Waals surface area contributed by atoms with Gasteiger partial charge in [-0.15, -0.1) is 0 Å². The Bertz CT molecular complexity index is 501. The zero-order chi connectivity index (χ0) is 14.0. The summed E-state index contributed by atoms with van der Waals surface area (Å²) in [6.45, 7) is 6.52. The highest BCUT2D eigenvalue weighted by atomic mass is 32.2. The first kappa shape index (κ1) is 15.2. The van der Waals surface area contributed by atoms with Gasteiger partial charge in [0.15, 0.2) is 9.84 Å². The number of hydrogen-bond acceptors (Lipinski definition) is 3. The summed E-state index contributed by atoms with van der Waals surface area (Å²) in [7, 11) is -3.16. The van der Waals surface area contributed by atoms with Crippen molar-refractivity contribution in [1.29, 1.82) is 0 Å². The minimum Gasteiger partial charge on any atom is -0.324 e. The minimum atomic E-state index is -3.16. The Morgan fingerprint density at radius 3 is 2.39 bits per heavy atom. The van der Waals surface area contributed by atoms with Crippen LogP contribution in [0.5, 0.6) is 0 Å². The van der Waals surface area contributed by atoms with Crippen molar-refractivity contribution in [2.45, 2.75) is 44.6 Å². The van der Waals surface area contributed by atoms with E-state index in [0.717, 1.165) is 18.4 Å². The molecule has 0 aliphatic heterocycles. The van der Waals surface area contributed by atoms with Crippen molar-refractivity contribution in [3.63, 3.8) is 0 Å². The van der Waals surface area contributed by atoms with Crippen LogP contribution in [0.1, 0.15) is 45.2 Å². The highest BCUT2D eigenvalue weighted by molar-refractivity contribution is 7.90. The molecule has 0 bridgehead atoms. The minimum absolute atomic E-state index is 0.106. The molecule has 0 aliphatic rings. The third-order valence-corrected chi connectivity index (χ3v) is 4.03. The standard InChI is InChI=1S/C14H23NO2S/c1-14(2,3)9-8-13(15)11-6-5-7-12(10-11)18(4,16)17/h5-7,10,13H,8-9,15H2,1-4H3. The summed E-state index contributed by atoms with van der Waals surface area (Å²) in [5.74, 6) is 0. The van der Waals surface area contributed by atoms with Crippen molar-refractivity contribution in [1.82, 2.24) is 0 Å².